The molecule has 0 spiro atoms. The summed E-state index contributed by atoms with van der Waals surface area (Å²) in [6.45, 7) is 5.38. The van der Waals surface area contributed by atoms with Gasteiger partial charge in [0.2, 0.25) is 0 Å². The van der Waals surface area contributed by atoms with Gasteiger partial charge in [-0.05, 0) is 57.6 Å². The molecule has 1 aromatic carbocycles. The van der Waals surface area contributed by atoms with Gasteiger partial charge in [0.05, 0.1) is 11.0 Å². The van der Waals surface area contributed by atoms with E-state index < -0.39 is 11.7 Å². The number of fused-ring (bicyclic) bond motifs is 1. The van der Waals surface area contributed by atoms with Gasteiger partial charge in [-0.2, -0.15) is 0 Å². The second-order valence-corrected chi connectivity index (χ2v) is 6.68. The van der Waals surface area contributed by atoms with E-state index in [1.165, 1.54) is 35.9 Å². The van der Waals surface area contributed by atoms with E-state index in [1.807, 2.05) is 0 Å². The van der Waals surface area contributed by atoms with Crippen LogP contribution in [0, 0.1) is 11.7 Å². The Bertz CT molecular complexity index is 696. The van der Waals surface area contributed by atoms with Crippen LogP contribution in [0.2, 0.25) is 0 Å². The average Bonchev–Trinajstić information content (AvgIpc) is 3.03. The molecule has 0 atom stereocenters. The van der Waals surface area contributed by atoms with Crippen molar-refractivity contribution >= 4 is 17.1 Å². The molecule has 1 fully saturated rings. The summed E-state index contributed by atoms with van der Waals surface area (Å²) in [4.78, 5) is 16.5. The Hall–Kier alpha value is -1.91. The summed E-state index contributed by atoms with van der Waals surface area (Å²) in [5, 5.41) is 0. The van der Waals surface area contributed by atoms with Crippen molar-refractivity contribution in [2.24, 2.45) is 5.92 Å². The summed E-state index contributed by atoms with van der Waals surface area (Å²) in [5.74, 6) is 0.283. The summed E-state index contributed by atoms with van der Waals surface area (Å²) >= 11 is 0. The van der Waals surface area contributed by atoms with Crippen LogP contribution >= 0.6 is 0 Å². The minimum absolute atomic E-state index is 0.344. The van der Waals surface area contributed by atoms with Crippen molar-refractivity contribution in [1.82, 2.24) is 9.55 Å². The Balaban J connectivity index is 2.00. The van der Waals surface area contributed by atoms with Gasteiger partial charge < -0.3 is 4.74 Å². The van der Waals surface area contributed by atoms with E-state index in [1.54, 1.807) is 20.8 Å². The summed E-state index contributed by atoms with van der Waals surface area (Å²) in [5.41, 5.74) is 1.43. The maximum absolute atomic E-state index is 13.8. The SMILES string of the molecule is CC(C)(C)OC(=O)n1cnc2c(CC3CC3)cc(F)cc21. The highest BCUT2D eigenvalue weighted by molar-refractivity contribution is 5.88. The van der Waals surface area contributed by atoms with E-state index in [4.69, 9.17) is 4.74 Å². The normalized spacial score (nSPS) is 15.4. The van der Waals surface area contributed by atoms with E-state index in [2.05, 4.69) is 4.98 Å². The van der Waals surface area contributed by atoms with Gasteiger partial charge in [0.15, 0.2) is 0 Å². The topological polar surface area (TPSA) is 44.1 Å². The average molecular weight is 290 g/mol. The van der Waals surface area contributed by atoms with E-state index >= 15 is 0 Å². The molecule has 1 aromatic heterocycles. The fourth-order valence-electron chi connectivity index (χ4n) is 2.40. The predicted molar refractivity (Wildman–Crippen MR) is 77.8 cm³/mol. The van der Waals surface area contributed by atoms with Crippen molar-refractivity contribution in [3.8, 4) is 0 Å². The first-order chi connectivity index (χ1) is 9.83. The summed E-state index contributed by atoms with van der Waals surface area (Å²) in [6.07, 6.45) is 4.07. The van der Waals surface area contributed by atoms with Crippen molar-refractivity contribution in [3.05, 3.63) is 29.8 Å². The number of halogens is 1. The third-order valence-electron chi connectivity index (χ3n) is 3.49. The van der Waals surface area contributed by atoms with Crippen LogP contribution in [0.3, 0.4) is 0 Å². The van der Waals surface area contributed by atoms with Crippen LogP contribution in [-0.4, -0.2) is 21.2 Å². The molecule has 1 aliphatic rings. The van der Waals surface area contributed by atoms with Crippen LogP contribution in [0.5, 0.6) is 0 Å². The summed E-state index contributed by atoms with van der Waals surface area (Å²) in [6, 6.07) is 2.86. The fraction of sp³-hybridized carbons (Fsp3) is 0.500. The lowest BCUT2D eigenvalue weighted by molar-refractivity contribution is 0.0543. The molecule has 0 aliphatic heterocycles. The highest BCUT2D eigenvalue weighted by atomic mass is 19.1. The second kappa shape index (κ2) is 4.83. The number of benzene rings is 1. The first-order valence-corrected chi connectivity index (χ1v) is 7.22. The van der Waals surface area contributed by atoms with Crippen LogP contribution in [-0.2, 0) is 11.2 Å². The maximum Gasteiger partial charge on any atom is 0.420 e. The predicted octanol–water partition coefficient (Wildman–Crippen LogP) is 3.91. The van der Waals surface area contributed by atoms with Crippen molar-refractivity contribution < 1.29 is 13.9 Å². The molecule has 112 valence electrons. The monoisotopic (exact) mass is 290 g/mol. The van der Waals surface area contributed by atoms with Gasteiger partial charge in [-0.1, -0.05) is 0 Å². The molecule has 0 N–H and O–H groups in total. The zero-order valence-corrected chi connectivity index (χ0v) is 12.5. The van der Waals surface area contributed by atoms with Crippen molar-refractivity contribution in [2.45, 2.75) is 45.6 Å². The minimum Gasteiger partial charge on any atom is -0.443 e. The van der Waals surface area contributed by atoms with Crippen LogP contribution in [0.25, 0.3) is 11.0 Å². The third kappa shape index (κ3) is 3.06. The van der Waals surface area contributed by atoms with Gasteiger partial charge in [-0.25, -0.2) is 18.7 Å². The molecule has 1 aliphatic carbocycles. The maximum atomic E-state index is 13.8. The second-order valence-electron chi connectivity index (χ2n) is 6.68. The molecule has 1 heterocycles. The van der Waals surface area contributed by atoms with Gasteiger partial charge in [0.1, 0.15) is 17.7 Å². The number of hydrogen-bond donors (Lipinski definition) is 0. The largest absolute Gasteiger partial charge is 0.443 e. The molecule has 0 bridgehead atoms. The summed E-state index contributed by atoms with van der Waals surface area (Å²) < 4.78 is 20.4. The number of carbonyl (C=O) groups excluding carboxylic acids is 1. The first-order valence-electron chi connectivity index (χ1n) is 7.22. The Labute approximate surface area is 122 Å². The Morgan fingerprint density at radius 2 is 2.14 bits per heavy atom. The minimum atomic E-state index is -0.599. The molecule has 3 rings (SSSR count). The highest BCUT2D eigenvalue weighted by Gasteiger charge is 2.25. The van der Waals surface area contributed by atoms with Crippen LogP contribution < -0.4 is 0 Å². The molecular formula is C16H19FN2O2. The number of rotatable bonds is 2. The van der Waals surface area contributed by atoms with E-state index in [9.17, 15) is 9.18 Å². The molecule has 0 radical (unpaired) electrons. The number of hydrogen-bond acceptors (Lipinski definition) is 3. The van der Waals surface area contributed by atoms with Gasteiger partial charge in [-0.15, -0.1) is 0 Å². The molecular weight excluding hydrogens is 271 g/mol. The van der Waals surface area contributed by atoms with Crippen molar-refractivity contribution in [3.63, 3.8) is 0 Å². The molecule has 1 saturated carbocycles. The molecule has 2 aromatic rings. The van der Waals surface area contributed by atoms with Gasteiger partial charge >= 0.3 is 6.09 Å². The van der Waals surface area contributed by atoms with Crippen molar-refractivity contribution in [2.75, 3.05) is 0 Å². The number of imidazole rings is 1. The number of carbonyl (C=O) groups is 1. The summed E-state index contributed by atoms with van der Waals surface area (Å²) in [7, 11) is 0. The van der Waals surface area contributed by atoms with E-state index in [0.29, 0.717) is 17.0 Å². The molecule has 4 nitrogen and oxygen atoms in total. The van der Waals surface area contributed by atoms with Gasteiger partial charge in [0, 0.05) is 6.07 Å². The quantitative estimate of drug-likeness (QED) is 0.842. The van der Waals surface area contributed by atoms with E-state index in [-0.39, 0.29) is 5.82 Å². The van der Waals surface area contributed by atoms with E-state index in [0.717, 1.165) is 12.0 Å². The molecule has 5 heteroatoms. The fourth-order valence-corrected chi connectivity index (χ4v) is 2.40. The Morgan fingerprint density at radius 1 is 1.43 bits per heavy atom. The molecule has 0 amide bonds. The van der Waals surface area contributed by atoms with Gasteiger partial charge in [-0.3, -0.25) is 0 Å². The number of nitrogens with zero attached hydrogens (tertiary/aromatic N) is 2. The smallest absolute Gasteiger partial charge is 0.420 e. The number of ether oxygens (including phenoxy) is 1. The van der Waals surface area contributed by atoms with Crippen LogP contribution in [0.4, 0.5) is 9.18 Å². The van der Waals surface area contributed by atoms with Crippen LogP contribution in [0.15, 0.2) is 18.5 Å². The Morgan fingerprint density at radius 3 is 2.76 bits per heavy atom. The lowest BCUT2D eigenvalue weighted by Gasteiger charge is -2.19. The lowest BCUT2D eigenvalue weighted by atomic mass is 10.1. The zero-order chi connectivity index (χ0) is 15.2. The first kappa shape index (κ1) is 14.0. The zero-order valence-electron chi connectivity index (χ0n) is 12.5. The highest BCUT2D eigenvalue weighted by Crippen LogP contribution is 2.34. The van der Waals surface area contributed by atoms with Gasteiger partial charge in [0.25, 0.3) is 0 Å². The molecule has 0 unspecified atom stereocenters. The Kier molecular flexibility index (Phi) is 3.23. The number of aromatic nitrogens is 2. The van der Waals surface area contributed by atoms with Crippen LogP contribution in [0.1, 0.15) is 39.2 Å². The lowest BCUT2D eigenvalue weighted by Crippen LogP contribution is -2.26. The standard InChI is InChI=1S/C16H19FN2O2/c1-16(2,3)21-15(20)19-9-18-14-11(6-10-4-5-10)7-12(17)8-13(14)19/h7-10H,4-6H2,1-3H3. The van der Waals surface area contributed by atoms with Crippen molar-refractivity contribution in [1.29, 1.82) is 0 Å². The third-order valence-corrected chi connectivity index (χ3v) is 3.49. The molecule has 0 saturated heterocycles. The molecule has 21 heavy (non-hydrogen) atoms.